The van der Waals surface area contributed by atoms with Crippen LogP contribution in [0, 0.1) is 17.1 Å². The fourth-order valence-electron chi connectivity index (χ4n) is 4.97. The number of nitriles is 1. The maximum Gasteiger partial charge on any atom is 0.252 e. The number of pyridine rings is 2. The van der Waals surface area contributed by atoms with E-state index in [1.807, 2.05) is 0 Å². The molecule has 1 aliphatic heterocycles. The van der Waals surface area contributed by atoms with E-state index in [1.165, 1.54) is 16.7 Å². The van der Waals surface area contributed by atoms with E-state index in [0.29, 0.717) is 35.5 Å². The first-order valence-electron chi connectivity index (χ1n) is 11.2. The molecule has 0 saturated carbocycles. The third-order valence-corrected chi connectivity index (χ3v) is 8.37. The van der Waals surface area contributed by atoms with Gasteiger partial charge in [0.2, 0.25) is 0 Å². The van der Waals surface area contributed by atoms with Crippen molar-refractivity contribution >= 4 is 23.9 Å². The molecule has 3 atom stereocenters. The molecular weight excluding hydrogens is 452 g/mol. The Balaban J connectivity index is 1.75. The lowest BCUT2D eigenvalue weighted by Gasteiger charge is -2.49. The number of piperazine rings is 1. The van der Waals surface area contributed by atoms with Crippen LogP contribution in [-0.4, -0.2) is 53.0 Å². The van der Waals surface area contributed by atoms with Crippen molar-refractivity contribution in [1.29, 1.82) is 5.26 Å². The smallest absolute Gasteiger partial charge is 0.252 e. The Morgan fingerprint density at radius 1 is 1.12 bits per heavy atom. The van der Waals surface area contributed by atoms with Gasteiger partial charge in [0, 0.05) is 38.3 Å². The molecule has 2 aromatic heterocycles. The highest BCUT2D eigenvalue weighted by Crippen LogP contribution is 2.55. The third-order valence-electron chi connectivity index (χ3n) is 6.60. The van der Waals surface area contributed by atoms with Gasteiger partial charge in [-0.2, -0.15) is 5.26 Å². The largest absolute Gasteiger partial charge is 0.364 e. The SMILES string of the molecule is C[C@@H]1CN(c2cc(=O)n(C)c3ccc(C#N)nc23)[C@@H](C)CN1C(c1ccc(F)cc1)P(C)(C)=O. The maximum atomic E-state index is 13.6. The minimum atomic E-state index is -2.62. The molecular formula is C25H29FN5O2P. The van der Waals surface area contributed by atoms with Gasteiger partial charge in [-0.25, -0.2) is 9.37 Å². The number of hydrogen-bond donors (Lipinski definition) is 0. The lowest BCUT2D eigenvalue weighted by molar-refractivity contribution is 0.147. The summed E-state index contributed by atoms with van der Waals surface area (Å²) in [7, 11) is -0.924. The van der Waals surface area contributed by atoms with Crippen LogP contribution in [0.4, 0.5) is 10.1 Å². The zero-order valence-electron chi connectivity index (χ0n) is 20.1. The molecule has 34 heavy (non-hydrogen) atoms. The Bertz CT molecular complexity index is 1380. The summed E-state index contributed by atoms with van der Waals surface area (Å²) in [6.07, 6.45) is 0. The molecule has 0 radical (unpaired) electrons. The molecule has 0 bridgehead atoms. The molecule has 1 saturated heterocycles. The summed E-state index contributed by atoms with van der Waals surface area (Å²) < 4.78 is 28.5. The van der Waals surface area contributed by atoms with Crippen molar-refractivity contribution in [3.63, 3.8) is 0 Å². The van der Waals surface area contributed by atoms with E-state index in [4.69, 9.17) is 0 Å². The van der Waals surface area contributed by atoms with Crippen molar-refractivity contribution in [3.8, 4) is 6.07 Å². The van der Waals surface area contributed by atoms with Gasteiger partial charge < -0.3 is 14.0 Å². The van der Waals surface area contributed by atoms with Gasteiger partial charge in [-0.3, -0.25) is 9.69 Å². The molecule has 1 fully saturated rings. The normalized spacial score (nSPS) is 20.3. The van der Waals surface area contributed by atoms with E-state index >= 15 is 0 Å². The summed E-state index contributed by atoms with van der Waals surface area (Å²) in [4.78, 5) is 21.6. The Hall–Kier alpha value is -3.01. The highest BCUT2D eigenvalue weighted by Gasteiger charge is 2.39. The number of anilines is 1. The Kier molecular flexibility index (Phi) is 6.37. The van der Waals surface area contributed by atoms with Crippen LogP contribution in [0.3, 0.4) is 0 Å². The molecule has 0 aliphatic carbocycles. The average molecular weight is 482 g/mol. The van der Waals surface area contributed by atoms with Gasteiger partial charge in [-0.15, -0.1) is 0 Å². The molecule has 0 spiro atoms. The summed E-state index contributed by atoms with van der Waals surface area (Å²) >= 11 is 0. The number of halogens is 1. The predicted molar refractivity (Wildman–Crippen MR) is 133 cm³/mol. The van der Waals surface area contributed by atoms with Crippen LogP contribution in [0.2, 0.25) is 0 Å². The second-order valence-electron chi connectivity index (χ2n) is 9.51. The van der Waals surface area contributed by atoms with E-state index in [0.717, 1.165) is 5.56 Å². The van der Waals surface area contributed by atoms with Crippen LogP contribution >= 0.6 is 7.14 Å². The first-order valence-corrected chi connectivity index (χ1v) is 13.9. The second kappa shape index (κ2) is 8.98. The monoisotopic (exact) mass is 481 g/mol. The van der Waals surface area contributed by atoms with Gasteiger partial charge in [-0.1, -0.05) is 12.1 Å². The van der Waals surface area contributed by atoms with Crippen LogP contribution in [0.15, 0.2) is 47.3 Å². The number of aryl methyl sites for hydroxylation is 1. The molecule has 0 N–H and O–H groups in total. The molecule has 3 aromatic rings. The number of aromatic nitrogens is 2. The highest BCUT2D eigenvalue weighted by molar-refractivity contribution is 7.62. The molecule has 0 amide bonds. The van der Waals surface area contributed by atoms with Crippen LogP contribution in [0.5, 0.6) is 0 Å². The van der Waals surface area contributed by atoms with E-state index < -0.39 is 7.14 Å². The van der Waals surface area contributed by atoms with Crippen LogP contribution in [0.1, 0.15) is 30.9 Å². The topological polar surface area (TPSA) is 82.2 Å². The molecule has 4 rings (SSSR count). The lowest BCUT2D eigenvalue weighted by Crippen LogP contribution is -2.57. The highest BCUT2D eigenvalue weighted by atomic mass is 31.2. The zero-order valence-corrected chi connectivity index (χ0v) is 21.0. The quantitative estimate of drug-likeness (QED) is 0.521. The van der Waals surface area contributed by atoms with Gasteiger partial charge in [0.25, 0.3) is 5.56 Å². The average Bonchev–Trinajstić information content (AvgIpc) is 2.78. The van der Waals surface area contributed by atoms with Crippen molar-refractivity contribution < 1.29 is 8.96 Å². The Morgan fingerprint density at radius 2 is 1.79 bits per heavy atom. The van der Waals surface area contributed by atoms with Crippen LogP contribution < -0.4 is 10.5 Å². The lowest BCUT2D eigenvalue weighted by atomic mass is 10.0. The van der Waals surface area contributed by atoms with E-state index in [1.54, 1.807) is 50.7 Å². The minimum absolute atomic E-state index is 0.00210. The van der Waals surface area contributed by atoms with Gasteiger partial charge in [0.1, 0.15) is 30.2 Å². The fraction of sp³-hybridized carbons (Fsp3) is 0.400. The number of hydrogen-bond acceptors (Lipinski definition) is 6. The fourth-order valence-corrected chi connectivity index (χ4v) is 6.89. The van der Waals surface area contributed by atoms with Crippen molar-refractivity contribution in [2.45, 2.75) is 31.7 Å². The number of nitrogens with zero attached hydrogens (tertiary/aromatic N) is 5. The Labute approximate surface area is 198 Å². The summed E-state index contributed by atoms with van der Waals surface area (Å²) in [6, 6.07) is 13.3. The van der Waals surface area contributed by atoms with Gasteiger partial charge >= 0.3 is 0 Å². The van der Waals surface area contributed by atoms with Crippen molar-refractivity contribution in [2.24, 2.45) is 7.05 Å². The molecule has 9 heteroatoms. The summed E-state index contributed by atoms with van der Waals surface area (Å²) in [5, 5.41) is 9.36. The standard InChI is InChI=1S/C25H29FN5O2P/c1-16-15-31(25(34(4,5)33)18-6-8-19(26)9-7-18)17(2)14-30(16)22-12-23(32)29(3)21-11-10-20(13-27)28-24(21)22/h6-12,16-17,25H,14-15H2,1-5H3/t16-,17+,25?/m0/s1. The molecule has 1 aliphatic rings. The molecule has 1 unspecified atom stereocenters. The van der Waals surface area contributed by atoms with Gasteiger partial charge in [0.15, 0.2) is 0 Å². The first kappa shape index (κ1) is 24.1. The van der Waals surface area contributed by atoms with Crippen LogP contribution in [0.25, 0.3) is 11.0 Å². The summed E-state index contributed by atoms with van der Waals surface area (Å²) in [5.41, 5.74) is 2.96. The minimum Gasteiger partial charge on any atom is -0.364 e. The van der Waals surface area contributed by atoms with E-state index in [9.17, 15) is 19.0 Å². The van der Waals surface area contributed by atoms with Crippen molar-refractivity contribution in [1.82, 2.24) is 14.5 Å². The van der Waals surface area contributed by atoms with Crippen LogP contribution in [-0.2, 0) is 11.6 Å². The summed E-state index contributed by atoms with van der Waals surface area (Å²) in [6.45, 7) is 8.86. The van der Waals surface area contributed by atoms with Gasteiger partial charge in [-0.05, 0) is 57.0 Å². The zero-order chi connectivity index (χ0) is 24.8. The van der Waals surface area contributed by atoms with Crippen molar-refractivity contribution in [2.75, 3.05) is 31.3 Å². The molecule has 178 valence electrons. The van der Waals surface area contributed by atoms with E-state index in [-0.39, 0.29) is 29.2 Å². The van der Waals surface area contributed by atoms with E-state index in [2.05, 4.69) is 34.7 Å². The Morgan fingerprint density at radius 3 is 2.41 bits per heavy atom. The molecule has 3 heterocycles. The number of benzene rings is 1. The third kappa shape index (κ3) is 4.38. The summed E-state index contributed by atoms with van der Waals surface area (Å²) in [5.74, 6) is -0.658. The second-order valence-corrected chi connectivity index (χ2v) is 12.9. The van der Waals surface area contributed by atoms with Gasteiger partial charge in [0.05, 0.1) is 17.0 Å². The van der Waals surface area contributed by atoms with Crippen molar-refractivity contribution in [3.05, 3.63) is 69.9 Å². The first-order chi connectivity index (χ1) is 16.0. The maximum absolute atomic E-state index is 13.6. The predicted octanol–water partition coefficient (Wildman–Crippen LogP) is 4.16. The number of rotatable bonds is 4. The molecule has 7 nitrogen and oxygen atoms in total. The molecule has 1 aromatic carbocycles. The number of fused-ring (bicyclic) bond motifs is 1.